The number of methoxy groups -OCH3 is 1. The molecule has 1 aromatic carbocycles. The Balaban J connectivity index is 1.59. The first-order valence-electron chi connectivity index (χ1n) is 9.87. The Labute approximate surface area is 174 Å². The van der Waals surface area contributed by atoms with E-state index in [-0.39, 0.29) is 24.3 Å². The Morgan fingerprint density at radius 1 is 1.30 bits per heavy atom. The fraction of sp³-hybridized carbons (Fsp3) is 0.409. The molecule has 158 valence electrons. The van der Waals surface area contributed by atoms with E-state index < -0.39 is 29.6 Å². The van der Waals surface area contributed by atoms with Gasteiger partial charge in [-0.25, -0.2) is 0 Å². The third-order valence-electron chi connectivity index (χ3n) is 6.12. The minimum atomic E-state index is -1.15. The van der Waals surface area contributed by atoms with Crippen LogP contribution in [0.2, 0.25) is 0 Å². The van der Waals surface area contributed by atoms with Crippen molar-refractivity contribution in [2.45, 2.75) is 24.3 Å². The molecule has 1 spiro atoms. The zero-order chi connectivity index (χ0) is 21.5. The maximum absolute atomic E-state index is 13.3. The van der Waals surface area contributed by atoms with Crippen LogP contribution in [0.3, 0.4) is 0 Å². The van der Waals surface area contributed by atoms with Crippen LogP contribution >= 0.6 is 0 Å². The lowest BCUT2D eigenvalue weighted by atomic mass is 9.74. The van der Waals surface area contributed by atoms with E-state index in [9.17, 15) is 14.4 Å². The molecule has 2 bridgehead atoms. The van der Waals surface area contributed by atoms with Crippen molar-refractivity contribution in [1.82, 2.24) is 15.5 Å². The van der Waals surface area contributed by atoms with Crippen LogP contribution in [0, 0.1) is 11.8 Å². The number of carbonyl (C=O) groups is 3. The summed E-state index contributed by atoms with van der Waals surface area (Å²) in [5.41, 5.74) is -0.250. The summed E-state index contributed by atoms with van der Waals surface area (Å²) in [5, 5.41) is 5.53. The number of nitrogens with one attached hydrogen (secondary N) is 2. The maximum atomic E-state index is 13.3. The predicted molar refractivity (Wildman–Crippen MR) is 108 cm³/mol. The van der Waals surface area contributed by atoms with Crippen LogP contribution in [0.15, 0.2) is 49.1 Å². The van der Waals surface area contributed by atoms with Gasteiger partial charge < -0.3 is 25.0 Å². The van der Waals surface area contributed by atoms with Gasteiger partial charge in [-0.15, -0.1) is 6.58 Å². The lowest BCUT2D eigenvalue weighted by Crippen LogP contribution is -2.54. The normalized spacial score (nSPS) is 30.9. The van der Waals surface area contributed by atoms with Gasteiger partial charge >= 0.3 is 0 Å². The Bertz CT molecular complexity index is 912. The fourth-order valence-electron chi connectivity index (χ4n) is 4.80. The summed E-state index contributed by atoms with van der Waals surface area (Å²) in [6.45, 7) is 4.20. The van der Waals surface area contributed by atoms with Gasteiger partial charge in [0, 0.05) is 20.1 Å². The van der Waals surface area contributed by atoms with Crippen molar-refractivity contribution in [3.05, 3.63) is 54.6 Å². The van der Waals surface area contributed by atoms with Gasteiger partial charge in [-0.05, 0) is 17.7 Å². The third-order valence-corrected chi connectivity index (χ3v) is 6.12. The highest BCUT2D eigenvalue weighted by Gasteiger charge is 2.72. The summed E-state index contributed by atoms with van der Waals surface area (Å²) in [5.74, 6) is -1.51. The number of hydrogen-bond donors (Lipinski definition) is 2. The van der Waals surface area contributed by atoms with Gasteiger partial charge in [0.25, 0.3) is 0 Å². The van der Waals surface area contributed by atoms with Crippen molar-refractivity contribution in [2.75, 3.05) is 20.7 Å². The number of carbonyl (C=O) groups excluding carboxylic acids is 3. The lowest BCUT2D eigenvalue weighted by Gasteiger charge is -2.31. The van der Waals surface area contributed by atoms with Gasteiger partial charge in [-0.3, -0.25) is 14.4 Å². The summed E-state index contributed by atoms with van der Waals surface area (Å²) >= 11 is 0. The minimum Gasteiger partial charge on any atom is -0.497 e. The van der Waals surface area contributed by atoms with E-state index in [0.717, 1.165) is 11.3 Å². The maximum Gasteiger partial charge on any atom is 0.246 e. The zero-order valence-corrected chi connectivity index (χ0v) is 17.0. The van der Waals surface area contributed by atoms with Crippen LogP contribution in [0.4, 0.5) is 0 Å². The fourth-order valence-corrected chi connectivity index (χ4v) is 4.80. The molecule has 30 heavy (non-hydrogen) atoms. The van der Waals surface area contributed by atoms with E-state index in [1.54, 1.807) is 25.3 Å². The molecule has 0 saturated carbocycles. The molecule has 0 radical (unpaired) electrons. The van der Waals surface area contributed by atoms with Crippen LogP contribution < -0.4 is 15.4 Å². The van der Waals surface area contributed by atoms with E-state index in [1.807, 2.05) is 24.3 Å². The van der Waals surface area contributed by atoms with Gasteiger partial charge in [-0.2, -0.15) is 0 Å². The Kier molecular flexibility index (Phi) is 5.11. The summed E-state index contributed by atoms with van der Waals surface area (Å²) in [6, 6.07) is 6.48. The van der Waals surface area contributed by atoms with Gasteiger partial charge in [0.15, 0.2) is 0 Å². The highest BCUT2D eigenvalue weighted by atomic mass is 16.5. The molecule has 3 amide bonds. The number of nitrogens with zero attached hydrogens (tertiary/aromatic N) is 1. The molecule has 3 aliphatic rings. The Morgan fingerprint density at radius 2 is 2.03 bits per heavy atom. The predicted octanol–water partition coefficient (Wildman–Crippen LogP) is 0.394. The third kappa shape index (κ3) is 2.90. The van der Waals surface area contributed by atoms with Gasteiger partial charge in [0.05, 0.1) is 25.0 Å². The monoisotopic (exact) mass is 411 g/mol. The molecular weight excluding hydrogens is 386 g/mol. The number of rotatable bonds is 7. The van der Waals surface area contributed by atoms with Crippen LogP contribution in [-0.2, 0) is 25.7 Å². The summed E-state index contributed by atoms with van der Waals surface area (Å²) < 4.78 is 11.3. The number of benzene rings is 1. The number of fused-ring (bicyclic) bond motifs is 1. The molecule has 0 unspecified atom stereocenters. The Morgan fingerprint density at radius 3 is 2.67 bits per heavy atom. The average Bonchev–Trinajstić information content (AvgIpc) is 3.40. The van der Waals surface area contributed by atoms with Crippen LogP contribution in [0.1, 0.15) is 5.56 Å². The lowest BCUT2D eigenvalue weighted by molar-refractivity contribution is -0.141. The van der Waals surface area contributed by atoms with Crippen molar-refractivity contribution >= 4 is 17.7 Å². The van der Waals surface area contributed by atoms with Crippen molar-refractivity contribution < 1.29 is 23.9 Å². The molecule has 3 aliphatic heterocycles. The number of likely N-dealkylation sites (tertiary alicyclic amines) is 1. The van der Waals surface area contributed by atoms with Crippen molar-refractivity contribution in [3.63, 3.8) is 0 Å². The molecule has 2 saturated heterocycles. The molecule has 5 atom stereocenters. The van der Waals surface area contributed by atoms with Gasteiger partial charge in [0.1, 0.15) is 17.4 Å². The molecule has 2 N–H and O–H groups in total. The first kappa shape index (κ1) is 20.2. The van der Waals surface area contributed by atoms with Gasteiger partial charge in [0.2, 0.25) is 17.7 Å². The van der Waals surface area contributed by atoms with E-state index in [2.05, 4.69) is 17.2 Å². The number of hydrogen-bond acceptors (Lipinski definition) is 5. The first-order valence-corrected chi connectivity index (χ1v) is 9.87. The summed E-state index contributed by atoms with van der Waals surface area (Å²) in [7, 11) is 3.12. The molecule has 1 aromatic rings. The van der Waals surface area contributed by atoms with Gasteiger partial charge in [-0.1, -0.05) is 30.4 Å². The summed E-state index contributed by atoms with van der Waals surface area (Å²) in [6.07, 6.45) is 4.62. The van der Waals surface area contributed by atoms with E-state index in [4.69, 9.17) is 9.47 Å². The van der Waals surface area contributed by atoms with Crippen molar-refractivity contribution in [1.29, 1.82) is 0 Å². The van der Waals surface area contributed by atoms with Crippen molar-refractivity contribution in [3.8, 4) is 5.75 Å². The second kappa shape index (κ2) is 7.60. The Hall–Kier alpha value is -3.13. The molecule has 0 aromatic heterocycles. The van der Waals surface area contributed by atoms with E-state index in [1.165, 1.54) is 11.9 Å². The summed E-state index contributed by atoms with van der Waals surface area (Å²) in [4.78, 5) is 40.4. The molecule has 8 nitrogen and oxygen atoms in total. The highest BCUT2D eigenvalue weighted by Crippen LogP contribution is 2.54. The van der Waals surface area contributed by atoms with Crippen LogP contribution in [0.5, 0.6) is 5.75 Å². The smallest absolute Gasteiger partial charge is 0.246 e. The van der Waals surface area contributed by atoms with Crippen LogP contribution in [0.25, 0.3) is 0 Å². The van der Waals surface area contributed by atoms with Crippen molar-refractivity contribution in [2.24, 2.45) is 11.8 Å². The molecule has 0 aliphatic carbocycles. The second-order valence-corrected chi connectivity index (χ2v) is 7.66. The second-order valence-electron chi connectivity index (χ2n) is 7.66. The standard InChI is InChI=1S/C22H25N3O5/c1-4-11-25-18(20(27)24-12-13-5-7-14(29-3)8-6-13)22-10-9-15(30-22)16(19(26)23-2)17(22)21(25)28/h4-10,15-18H,1,11-12H2,2-3H3,(H,23,26)(H,24,27)/t15-,16+,17+,18+,22+/m1/s1. The number of amides is 3. The molecule has 4 rings (SSSR count). The van der Waals surface area contributed by atoms with E-state index >= 15 is 0 Å². The largest absolute Gasteiger partial charge is 0.497 e. The zero-order valence-electron chi connectivity index (χ0n) is 17.0. The molecule has 8 heteroatoms. The SMILES string of the molecule is C=CCN1C(=O)[C@@H]2[C@@H](C(=O)NC)[C@H]3C=C[C@@]2(O3)[C@@H]1C(=O)NCc1ccc(OC)cc1. The van der Waals surface area contributed by atoms with Crippen LogP contribution in [-0.4, -0.2) is 61.1 Å². The molecule has 3 heterocycles. The van der Waals surface area contributed by atoms with E-state index in [0.29, 0.717) is 6.54 Å². The molecule has 2 fully saturated rings. The quantitative estimate of drug-likeness (QED) is 0.633. The topological polar surface area (TPSA) is 97.0 Å². The number of ether oxygens (including phenoxy) is 2. The average molecular weight is 411 g/mol. The molecular formula is C22H25N3O5. The minimum absolute atomic E-state index is 0.194. The first-order chi connectivity index (χ1) is 14.5. The highest BCUT2D eigenvalue weighted by molar-refractivity contribution is 5.99.